The fourth-order valence-electron chi connectivity index (χ4n) is 2.05. The summed E-state index contributed by atoms with van der Waals surface area (Å²) in [5.74, 6) is 0.475. The first-order valence-electron chi connectivity index (χ1n) is 7.08. The van der Waals surface area contributed by atoms with Crippen LogP contribution in [0.5, 0.6) is 0 Å². The van der Waals surface area contributed by atoms with Crippen LogP contribution < -0.4 is 10.6 Å². The molecular formula is C13H23N5O3. The molecule has 118 valence electrons. The van der Waals surface area contributed by atoms with Gasteiger partial charge in [0, 0.05) is 6.54 Å². The SMILES string of the molecule is CCNc1nc(C)c([N+](=O)[O-])c(NC(CC)(CC)CO)n1. The summed E-state index contributed by atoms with van der Waals surface area (Å²) in [7, 11) is 0. The molecule has 0 aromatic carbocycles. The van der Waals surface area contributed by atoms with Gasteiger partial charge in [-0.25, -0.2) is 4.98 Å². The van der Waals surface area contributed by atoms with Crippen LogP contribution in [0, 0.1) is 17.0 Å². The molecule has 0 aliphatic heterocycles. The topological polar surface area (TPSA) is 113 Å². The number of nitrogens with one attached hydrogen (secondary N) is 2. The van der Waals surface area contributed by atoms with Crippen LogP contribution in [0.15, 0.2) is 0 Å². The molecule has 0 saturated carbocycles. The van der Waals surface area contributed by atoms with Gasteiger partial charge in [0.15, 0.2) is 0 Å². The second-order valence-corrected chi connectivity index (χ2v) is 4.89. The van der Waals surface area contributed by atoms with Crippen molar-refractivity contribution in [2.24, 2.45) is 0 Å². The lowest BCUT2D eigenvalue weighted by Gasteiger charge is -2.31. The lowest BCUT2D eigenvalue weighted by Crippen LogP contribution is -2.41. The first kappa shape index (κ1) is 17.1. The number of hydrogen-bond acceptors (Lipinski definition) is 7. The van der Waals surface area contributed by atoms with Gasteiger partial charge in [0.1, 0.15) is 5.69 Å². The van der Waals surface area contributed by atoms with Gasteiger partial charge >= 0.3 is 5.69 Å². The van der Waals surface area contributed by atoms with Crippen LogP contribution >= 0.6 is 0 Å². The summed E-state index contributed by atoms with van der Waals surface area (Å²) >= 11 is 0. The molecular weight excluding hydrogens is 274 g/mol. The summed E-state index contributed by atoms with van der Waals surface area (Å²) in [5, 5.41) is 26.9. The largest absolute Gasteiger partial charge is 0.394 e. The summed E-state index contributed by atoms with van der Waals surface area (Å²) in [6.07, 6.45) is 1.24. The fourth-order valence-corrected chi connectivity index (χ4v) is 2.05. The van der Waals surface area contributed by atoms with Gasteiger partial charge in [-0.2, -0.15) is 4.98 Å². The van der Waals surface area contributed by atoms with E-state index in [-0.39, 0.29) is 23.8 Å². The van der Waals surface area contributed by atoms with Crippen molar-refractivity contribution >= 4 is 17.5 Å². The second kappa shape index (κ2) is 7.16. The average molecular weight is 297 g/mol. The molecule has 0 unspecified atom stereocenters. The van der Waals surface area contributed by atoms with Gasteiger partial charge in [-0.3, -0.25) is 10.1 Å². The van der Waals surface area contributed by atoms with Gasteiger partial charge < -0.3 is 15.7 Å². The maximum atomic E-state index is 11.3. The van der Waals surface area contributed by atoms with Crippen molar-refractivity contribution in [1.29, 1.82) is 0 Å². The number of anilines is 2. The van der Waals surface area contributed by atoms with Crippen molar-refractivity contribution in [1.82, 2.24) is 9.97 Å². The lowest BCUT2D eigenvalue weighted by molar-refractivity contribution is -0.385. The molecule has 8 heteroatoms. The van der Waals surface area contributed by atoms with E-state index >= 15 is 0 Å². The van der Waals surface area contributed by atoms with Gasteiger partial charge in [-0.05, 0) is 26.7 Å². The third-order valence-corrected chi connectivity index (χ3v) is 3.62. The molecule has 0 amide bonds. The molecule has 8 nitrogen and oxygen atoms in total. The molecule has 0 saturated heterocycles. The van der Waals surface area contributed by atoms with E-state index in [2.05, 4.69) is 20.6 Å². The van der Waals surface area contributed by atoms with Crippen LogP contribution in [-0.4, -0.2) is 38.7 Å². The highest BCUT2D eigenvalue weighted by Gasteiger charge is 2.31. The molecule has 3 N–H and O–H groups in total. The van der Waals surface area contributed by atoms with E-state index in [4.69, 9.17) is 0 Å². The van der Waals surface area contributed by atoms with E-state index in [1.165, 1.54) is 0 Å². The minimum absolute atomic E-state index is 0.128. The molecule has 0 aliphatic rings. The zero-order valence-electron chi connectivity index (χ0n) is 12.9. The monoisotopic (exact) mass is 297 g/mol. The summed E-state index contributed by atoms with van der Waals surface area (Å²) in [6.45, 7) is 7.78. The van der Waals surface area contributed by atoms with Gasteiger partial charge in [-0.1, -0.05) is 13.8 Å². The summed E-state index contributed by atoms with van der Waals surface area (Å²) in [5.41, 5.74) is -0.501. The van der Waals surface area contributed by atoms with Gasteiger partial charge in [0.05, 0.1) is 17.1 Å². The molecule has 0 fully saturated rings. The highest BCUT2D eigenvalue weighted by molar-refractivity contribution is 5.62. The average Bonchev–Trinajstić information content (AvgIpc) is 2.44. The second-order valence-electron chi connectivity index (χ2n) is 4.89. The van der Waals surface area contributed by atoms with E-state index in [0.29, 0.717) is 25.3 Å². The van der Waals surface area contributed by atoms with Crippen LogP contribution in [0.25, 0.3) is 0 Å². The van der Waals surface area contributed by atoms with Crippen molar-refractivity contribution in [2.45, 2.75) is 46.1 Å². The maximum absolute atomic E-state index is 11.3. The third kappa shape index (κ3) is 3.78. The number of rotatable bonds is 8. The van der Waals surface area contributed by atoms with Crippen molar-refractivity contribution < 1.29 is 10.0 Å². The Balaban J connectivity index is 3.33. The van der Waals surface area contributed by atoms with Crippen LogP contribution in [0.1, 0.15) is 39.3 Å². The molecule has 1 aromatic heterocycles. The predicted octanol–water partition coefficient (Wildman–Crippen LogP) is 2.09. The molecule has 21 heavy (non-hydrogen) atoms. The first-order valence-corrected chi connectivity index (χ1v) is 7.08. The summed E-state index contributed by atoms with van der Waals surface area (Å²) in [6, 6.07) is 0. The van der Waals surface area contributed by atoms with E-state index in [0.717, 1.165) is 0 Å². The zero-order valence-corrected chi connectivity index (χ0v) is 12.9. The summed E-state index contributed by atoms with van der Waals surface area (Å²) in [4.78, 5) is 19.0. The highest BCUT2D eigenvalue weighted by atomic mass is 16.6. The number of aryl methyl sites for hydroxylation is 1. The number of hydrogen-bond donors (Lipinski definition) is 3. The van der Waals surface area contributed by atoms with Gasteiger partial charge in [-0.15, -0.1) is 0 Å². The molecule has 1 rings (SSSR count). The molecule has 0 spiro atoms. The lowest BCUT2D eigenvalue weighted by atomic mass is 9.94. The third-order valence-electron chi connectivity index (χ3n) is 3.62. The molecule has 0 atom stereocenters. The van der Waals surface area contributed by atoms with Crippen molar-refractivity contribution in [3.05, 3.63) is 15.8 Å². The Morgan fingerprint density at radius 1 is 1.29 bits per heavy atom. The minimum atomic E-state index is -0.630. The number of aromatic nitrogens is 2. The van der Waals surface area contributed by atoms with Crippen LogP contribution in [0.2, 0.25) is 0 Å². The van der Waals surface area contributed by atoms with E-state index < -0.39 is 10.5 Å². The van der Waals surface area contributed by atoms with E-state index in [1.54, 1.807) is 6.92 Å². The molecule has 0 bridgehead atoms. The van der Waals surface area contributed by atoms with Crippen molar-refractivity contribution in [2.75, 3.05) is 23.8 Å². The summed E-state index contributed by atoms with van der Waals surface area (Å²) < 4.78 is 0. The van der Waals surface area contributed by atoms with E-state index in [1.807, 2.05) is 20.8 Å². The number of nitro groups is 1. The van der Waals surface area contributed by atoms with Crippen LogP contribution in [0.3, 0.4) is 0 Å². The number of aliphatic hydroxyl groups excluding tert-OH is 1. The van der Waals surface area contributed by atoms with Crippen LogP contribution in [0.4, 0.5) is 17.5 Å². The molecule has 0 radical (unpaired) electrons. The Morgan fingerprint density at radius 3 is 2.33 bits per heavy atom. The molecule has 1 heterocycles. The fraction of sp³-hybridized carbons (Fsp3) is 0.692. The predicted molar refractivity (Wildman–Crippen MR) is 81.6 cm³/mol. The highest BCUT2D eigenvalue weighted by Crippen LogP contribution is 2.30. The van der Waals surface area contributed by atoms with E-state index in [9.17, 15) is 15.2 Å². The Bertz CT molecular complexity index is 495. The maximum Gasteiger partial charge on any atom is 0.332 e. The number of nitrogens with zero attached hydrogens (tertiary/aromatic N) is 3. The Labute approximate surface area is 124 Å². The Morgan fingerprint density at radius 2 is 1.90 bits per heavy atom. The normalized spacial score (nSPS) is 11.3. The van der Waals surface area contributed by atoms with Crippen molar-refractivity contribution in [3.8, 4) is 0 Å². The number of aliphatic hydroxyl groups is 1. The molecule has 1 aromatic rings. The van der Waals surface area contributed by atoms with Crippen LogP contribution in [-0.2, 0) is 0 Å². The van der Waals surface area contributed by atoms with Gasteiger partial charge in [0.2, 0.25) is 11.8 Å². The smallest absolute Gasteiger partial charge is 0.332 e. The van der Waals surface area contributed by atoms with Crippen molar-refractivity contribution in [3.63, 3.8) is 0 Å². The Hall–Kier alpha value is -1.96. The zero-order chi connectivity index (χ0) is 16.0. The minimum Gasteiger partial charge on any atom is -0.394 e. The first-order chi connectivity index (χ1) is 9.92. The standard InChI is InChI=1S/C13H23N5O3/c1-5-13(6-2,8-19)17-11-10(18(20)21)9(4)15-12(16-11)14-7-3/h19H,5-8H2,1-4H3,(H2,14,15,16,17). The van der Waals surface area contributed by atoms with Gasteiger partial charge in [0.25, 0.3) is 0 Å². The Kier molecular flexibility index (Phi) is 5.83. The molecule has 0 aliphatic carbocycles. The quantitative estimate of drug-likeness (QED) is 0.497.